The average Bonchev–Trinajstić information content (AvgIpc) is 1.57. The lowest BCUT2D eigenvalue weighted by Crippen LogP contribution is -2.21. The topological polar surface area (TPSA) is 156 Å². The van der Waals surface area contributed by atoms with Crippen LogP contribution in [0.5, 0.6) is 17.2 Å². The summed E-state index contributed by atoms with van der Waals surface area (Å²) in [6, 6.07) is 27.3. The summed E-state index contributed by atoms with van der Waals surface area (Å²) in [4.78, 5) is 98.0. The van der Waals surface area contributed by atoms with E-state index in [1.165, 1.54) is 44.5 Å². The van der Waals surface area contributed by atoms with E-state index in [9.17, 15) is 28.8 Å². The summed E-state index contributed by atoms with van der Waals surface area (Å²) in [6.45, 7) is 125. The molecule has 15 heteroatoms. The molecule has 0 spiro atoms. The number of hydrogen-bond acceptors (Lipinski definition) is 9. The highest BCUT2D eigenvalue weighted by Gasteiger charge is 2.47. The molecule has 6 aliphatic carbocycles. The normalized spacial score (nSPS) is 18.3. The number of Topliss-reactive ketones (excluding diaryl/α,β-unsaturated/α-hetero) is 6. The van der Waals surface area contributed by atoms with Crippen molar-refractivity contribution in [2.45, 2.75) is 354 Å². The molecule has 6 aromatic carbocycles. The van der Waals surface area contributed by atoms with Crippen LogP contribution in [-0.2, 0) is 61.3 Å². The molecule has 0 aromatic heterocycles. The van der Waals surface area contributed by atoms with Crippen molar-refractivity contribution < 1.29 is 43.0 Å². The highest BCUT2D eigenvalue weighted by atomic mass is 16.5. The van der Waals surface area contributed by atoms with Gasteiger partial charge in [-0.3, -0.25) is 0 Å². The second kappa shape index (κ2) is 41.0. The standard InChI is InChI=1S/C23H31NO2.C21H27NO2.C20H25NO2.C20H25NO.2C19H23NO/c1-9-10-13-26-18-12-11-16-17(14-23(6,7)19(16)15(18)2)20(24-8)21(25)22(3,4)5;1-12-10-14-15(17(22-8)19(23)20(3,4)5)11-21(6,7)16(14)13(2)18(12)24-9;1-12-9-13-14(17(21-7)18(22)19(2,3)4)11-20(5,6)15(13)10-16(12)23-8;1-12-9-14-15(17(21-8)18(22)19(3,4)5)11-20(6,7)16(14)10-13(12)2;1-12-8-9-15-13(10-12)14(11-19(15,5)6)16(20-7)17(21)18(2,3)4;1-12-8-9-13-14(11-19(5,6)15(13)10-12)16(20-7)17(21)18(2,3)4/h11-12H,9-10,13-14H2,1-7H3;10H,11H2,1-7,9H3;9-10H,11H2,1-6,8H3;9-10H,11H2,1-7H3;2*8-10H,11H2,1-6H3/b20-17-;17-15-;17-14-;17-15-;2*16-14-. The lowest BCUT2D eigenvalue weighted by molar-refractivity contribution is -0.122. The third-order valence-corrected chi connectivity index (χ3v) is 27.3. The zero-order valence-corrected chi connectivity index (χ0v) is 90.7. The molecule has 0 atom stereocenters. The fourth-order valence-corrected chi connectivity index (χ4v) is 19.7. The van der Waals surface area contributed by atoms with Crippen LogP contribution in [0.3, 0.4) is 0 Å². The molecule has 0 saturated carbocycles. The number of ether oxygens (including phenoxy) is 3. The number of rotatable bonds is 12. The highest BCUT2D eigenvalue weighted by molar-refractivity contribution is 6.12. The summed E-state index contributed by atoms with van der Waals surface area (Å²) in [5, 5.41) is 0. The molecule has 0 radical (unpaired) electrons. The Labute approximate surface area is 823 Å². The molecule has 0 fully saturated rings. The van der Waals surface area contributed by atoms with Crippen molar-refractivity contribution in [2.24, 2.45) is 32.5 Å². The van der Waals surface area contributed by atoms with Crippen LogP contribution in [0.2, 0.25) is 0 Å². The van der Waals surface area contributed by atoms with Crippen LogP contribution in [0, 0.1) is 127 Å². The van der Waals surface area contributed by atoms with E-state index >= 15 is 0 Å². The SMILES string of the molecule is [C-]#[N+]/C(C(=O)C(C)(C)C)=C1/CC(C)(C)c2c1cc(C)c(OC)c2C.[C-]#[N+]/C(C(=O)C(C)(C)C)=C1/CC(C)(C)c2c1ccc(OCCCC)c2C.[C-]#[N+]/C(C(=O)C(C)(C)C)=C1/CC(C)(C)c2cc(C)c(C)cc21.[C-]#[N+]/C(C(=O)C(C)(C)C)=C1/CC(C)(C)c2cc(C)ccc21.[C-]#[N+]/C(C(=O)C(C)(C)C)=C1/CC(C)(C)c2cc(OC)c(C)cc21.[C-]#[N+]/C(C(=O)C(C)(C)C)=C1/CC(C)(C)c2ccc(C)cc21. The monoisotopic (exact) mass is 1850 g/mol. The van der Waals surface area contributed by atoms with Gasteiger partial charge in [0.2, 0.25) is 34.2 Å². The van der Waals surface area contributed by atoms with Gasteiger partial charge in [0.15, 0.2) is 34.7 Å². The third-order valence-electron chi connectivity index (χ3n) is 27.3. The maximum absolute atomic E-state index is 12.8. The Bertz CT molecular complexity index is 6380. The predicted octanol–water partition coefficient (Wildman–Crippen LogP) is 31.3. The van der Waals surface area contributed by atoms with Crippen molar-refractivity contribution in [3.63, 3.8) is 0 Å². The van der Waals surface area contributed by atoms with Gasteiger partial charge in [0.05, 0.1) is 60.3 Å². The molecule has 137 heavy (non-hydrogen) atoms. The molecule has 0 amide bonds. The summed E-state index contributed by atoms with van der Waals surface area (Å²) in [5.74, 6) is 2.25. The van der Waals surface area contributed by atoms with Gasteiger partial charge in [0.1, 0.15) is 17.2 Å². The van der Waals surface area contributed by atoms with E-state index in [2.05, 4.69) is 220 Å². The Hall–Kier alpha value is -11.9. The van der Waals surface area contributed by atoms with Gasteiger partial charge in [-0.25, -0.2) is 29.1 Å². The quantitative estimate of drug-likeness (QED) is 0.0661. The van der Waals surface area contributed by atoms with Gasteiger partial charge in [0.25, 0.3) is 0 Å². The first-order valence-electron chi connectivity index (χ1n) is 48.1. The molecule has 726 valence electrons. The second-order valence-electron chi connectivity index (χ2n) is 48.5. The molecular formula is C122H154N6O9. The van der Waals surface area contributed by atoms with E-state index in [0.717, 1.165) is 156 Å². The summed E-state index contributed by atoms with van der Waals surface area (Å²) >= 11 is 0. The number of carbonyl (C=O) groups is 6. The van der Waals surface area contributed by atoms with E-state index in [0.29, 0.717) is 47.7 Å². The van der Waals surface area contributed by atoms with Crippen molar-refractivity contribution >= 4 is 68.1 Å². The summed E-state index contributed by atoms with van der Waals surface area (Å²) < 4.78 is 17.0. The number of fused-ring (bicyclic) bond motifs is 6. The number of ketones is 6. The van der Waals surface area contributed by atoms with E-state index in [4.69, 9.17) is 53.6 Å². The van der Waals surface area contributed by atoms with Gasteiger partial charge >= 0.3 is 0 Å². The Balaban J connectivity index is 0.000000224. The molecule has 15 nitrogen and oxygen atoms in total. The van der Waals surface area contributed by atoms with Gasteiger partial charge < -0.3 is 43.0 Å². The number of methoxy groups -OCH3 is 2. The van der Waals surface area contributed by atoms with Gasteiger partial charge in [0, 0.05) is 32.5 Å². The summed E-state index contributed by atoms with van der Waals surface area (Å²) in [5.41, 5.74) is 26.4. The number of allylic oxidation sites excluding steroid dienone is 12. The minimum absolute atomic E-state index is 0.0214. The van der Waals surface area contributed by atoms with Crippen LogP contribution in [0.4, 0.5) is 0 Å². The van der Waals surface area contributed by atoms with Gasteiger partial charge in [-0.15, -0.1) is 0 Å². The zero-order chi connectivity index (χ0) is 105. The van der Waals surface area contributed by atoms with Gasteiger partial charge in [-0.1, -0.05) is 287 Å². The van der Waals surface area contributed by atoms with Crippen molar-refractivity contribution in [3.05, 3.63) is 293 Å². The van der Waals surface area contributed by atoms with Gasteiger partial charge in [-0.2, -0.15) is 0 Å². The Morgan fingerprint density at radius 3 is 0.942 bits per heavy atom. The number of unbranched alkanes of at least 4 members (excludes halogenated alkanes) is 1. The summed E-state index contributed by atoms with van der Waals surface area (Å²) in [7, 11) is 3.36. The van der Waals surface area contributed by atoms with Crippen LogP contribution in [0.15, 0.2) is 113 Å². The van der Waals surface area contributed by atoms with Crippen LogP contribution >= 0.6 is 0 Å². The van der Waals surface area contributed by atoms with E-state index in [1.54, 1.807) is 14.2 Å². The Morgan fingerprint density at radius 1 is 0.299 bits per heavy atom. The molecule has 12 rings (SSSR count). The minimum atomic E-state index is -0.559. The summed E-state index contributed by atoms with van der Waals surface area (Å²) in [6.07, 6.45) is 6.52. The maximum Gasteiger partial charge on any atom is 0.233 e. The molecule has 6 aliphatic rings. The lowest BCUT2D eigenvalue weighted by Gasteiger charge is -2.23. The first-order valence-corrected chi connectivity index (χ1v) is 48.1. The van der Waals surface area contributed by atoms with Crippen molar-refractivity contribution in [1.82, 2.24) is 0 Å². The van der Waals surface area contributed by atoms with Crippen LogP contribution < -0.4 is 14.2 Å². The minimum Gasteiger partial charge on any atom is -0.496 e. The number of carbonyl (C=O) groups excluding carboxylic acids is 6. The molecule has 6 aromatic rings. The predicted molar refractivity (Wildman–Crippen MR) is 564 cm³/mol. The number of aryl methyl sites for hydroxylation is 6. The van der Waals surface area contributed by atoms with E-state index in [1.807, 2.05) is 158 Å². The maximum atomic E-state index is 12.8. The highest BCUT2D eigenvalue weighted by Crippen LogP contribution is 2.57. The molecule has 0 bridgehead atoms. The molecular weight excluding hydrogens is 1690 g/mol. The van der Waals surface area contributed by atoms with Crippen molar-refractivity contribution in [2.75, 3.05) is 20.8 Å². The Kier molecular flexibility index (Phi) is 33.6. The fraction of sp³-hybridized carbons (Fsp3) is 0.508. The van der Waals surface area contributed by atoms with E-state index in [-0.39, 0.29) is 72.9 Å². The van der Waals surface area contributed by atoms with Gasteiger partial charge in [-0.05, 0) is 291 Å². The molecule has 0 aliphatic heterocycles. The smallest absolute Gasteiger partial charge is 0.233 e. The molecule has 0 saturated heterocycles. The third kappa shape index (κ3) is 23.9. The Morgan fingerprint density at radius 2 is 0.584 bits per heavy atom. The molecule has 0 unspecified atom stereocenters. The van der Waals surface area contributed by atoms with Crippen LogP contribution in [0.25, 0.3) is 62.5 Å². The molecule has 0 heterocycles. The number of benzene rings is 6. The largest absolute Gasteiger partial charge is 0.496 e. The lowest BCUT2D eigenvalue weighted by atomic mass is 9.83. The molecule has 0 N–H and O–H groups in total. The van der Waals surface area contributed by atoms with Crippen LogP contribution in [0.1, 0.15) is 377 Å². The number of nitrogens with zero attached hydrogens (tertiary/aromatic N) is 6. The van der Waals surface area contributed by atoms with E-state index < -0.39 is 32.5 Å². The van der Waals surface area contributed by atoms with Crippen LogP contribution in [-0.4, -0.2) is 55.5 Å². The average molecular weight is 1850 g/mol. The second-order valence-corrected chi connectivity index (χ2v) is 48.5. The van der Waals surface area contributed by atoms with Crippen molar-refractivity contribution in [1.29, 1.82) is 0 Å². The zero-order valence-electron chi connectivity index (χ0n) is 90.7. The first kappa shape index (κ1) is 112. The first-order chi connectivity index (χ1) is 62.7. The number of hydrogen-bond donors (Lipinski definition) is 0. The fourth-order valence-electron chi connectivity index (χ4n) is 19.7. The van der Waals surface area contributed by atoms with Crippen molar-refractivity contribution in [3.8, 4) is 17.2 Å².